The number of carbonyl (C=O) groups is 2. The van der Waals surface area contributed by atoms with Gasteiger partial charge in [0.1, 0.15) is 11.1 Å². The van der Waals surface area contributed by atoms with Gasteiger partial charge in [0.2, 0.25) is 5.91 Å². The van der Waals surface area contributed by atoms with Gasteiger partial charge in [-0.3, -0.25) is 9.59 Å². The molecule has 5 nitrogen and oxygen atoms in total. The fraction of sp³-hybridized carbons (Fsp3) is 0.143. The molecule has 0 aliphatic heterocycles. The molecule has 10 heteroatoms. The van der Waals surface area contributed by atoms with Crippen molar-refractivity contribution in [3.63, 3.8) is 0 Å². The average Bonchev–Trinajstić information content (AvgIpc) is 3.04. The van der Waals surface area contributed by atoms with Crippen LogP contribution in [-0.2, 0) is 4.79 Å². The molecule has 2 N–H and O–H groups in total. The van der Waals surface area contributed by atoms with Gasteiger partial charge in [0.15, 0.2) is 0 Å². The van der Waals surface area contributed by atoms with E-state index in [-0.39, 0.29) is 22.0 Å². The summed E-state index contributed by atoms with van der Waals surface area (Å²) in [7, 11) is 0. The molecule has 1 amide bonds. The molecular weight excluding hydrogens is 363 g/mol. The minimum atomic E-state index is -5.09. The van der Waals surface area contributed by atoms with Crippen LogP contribution >= 0.6 is 23.1 Å². The van der Waals surface area contributed by atoms with E-state index in [1.807, 2.05) is 0 Å². The molecule has 0 fully saturated rings. The van der Waals surface area contributed by atoms with Crippen molar-refractivity contribution in [1.29, 1.82) is 5.26 Å². The zero-order chi connectivity index (χ0) is 17.9. The zero-order valence-electron chi connectivity index (χ0n) is 11.8. The predicted molar refractivity (Wildman–Crippen MR) is 82.6 cm³/mol. The van der Waals surface area contributed by atoms with Crippen molar-refractivity contribution in [2.45, 2.75) is 11.2 Å². The Labute approximate surface area is 142 Å². The first-order chi connectivity index (χ1) is 11.2. The summed E-state index contributed by atoms with van der Waals surface area (Å²) in [5.74, 6) is -2.95. The van der Waals surface area contributed by atoms with Gasteiger partial charge in [-0.25, -0.2) is 4.98 Å². The summed E-state index contributed by atoms with van der Waals surface area (Å²) < 4.78 is 38.5. The number of ketones is 1. The minimum absolute atomic E-state index is 0.0402. The lowest BCUT2D eigenvalue weighted by atomic mass is 10.1. The quantitative estimate of drug-likeness (QED) is 0.644. The molecule has 0 saturated carbocycles. The van der Waals surface area contributed by atoms with Crippen molar-refractivity contribution in [3.8, 4) is 16.6 Å². The molecule has 2 aromatic rings. The number of alkyl halides is 3. The van der Waals surface area contributed by atoms with Crippen LogP contribution in [0.25, 0.3) is 10.6 Å². The number of amides is 1. The molecular formula is C14H8F3N3O2S2. The van der Waals surface area contributed by atoms with Crippen LogP contribution in [-0.4, -0.2) is 28.6 Å². The number of pyridine rings is 1. The SMILES string of the molecule is N#Cc1cc(C(=O)C(F)(F)F)c(-c2cccs2)nc1SCC(N)=O. The number of nitrogens with two attached hydrogens (primary N) is 1. The summed E-state index contributed by atoms with van der Waals surface area (Å²) in [5.41, 5.74) is 3.91. The molecule has 0 aliphatic carbocycles. The highest BCUT2D eigenvalue weighted by molar-refractivity contribution is 8.00. The Morgan fingerprint density at radius 1 is 1.42 bits per heavy atom. The lowest BCUT2D eigenvalue weighted by Gasteiger charge is -2.12. The molecule has 2 heterocycles. The van der Waals surface area contributed by atoms with E-state index in [1.165, 1.54) is 6.07 Å². The molecule has 0 spiro atoms. The van der Waals surface area contributed by atoms with Gasteiger partial charge in [-0.05, 0) is 17.5 Å². The van der Waals surface area contributed by atoms with Crippen LogP contribution in [0.2, 0.25) is 0 Å². The van der Waals surface area contributed by atoms with Crippen molar-refractivity contribution < 1.29 is 22.8 Å². The number of thioether (sulfide) groups is 1. The summed E-state index contributed by atoms with van der Waals surface area (Å²) in [4.78, 5) is 26.9. The van der Waals surface area contributed by atoms with E-state index < -0.39 is 23.4 Å². The average molecular weight is 371 g/mol. The number of Topliss-reactive ketones (excluding diaryl/α,β-unsaturated/α-hetero) is 1. The normalized spacial score (nSPS) is 11.1. The topological polar surface area (TPSA) is 96.8 Å². The molecule has 0 saturated heterocycles. The number of aromatic nitrogens is 1. The Hall–Kier alpha value is -2.38. The number of carbonyl (C=O) groups excluding carboxylic acids is 2. The minimum Gasteiger partial charge on any atom is -0.369 e. The largest absolute Gasteiger partial charge is 0.454 e. The Morgan fingerprint density at radius 3 is 2.62 bits per heavy atom. The third-order valence-corrected chi connectivity index (χ3v) is 4.61. The fourth-order valence-electron chi connectivity index (χ4n) is 1.75. The van der Waals surface area contributed by atoms with E-state index >= 15 is 0 Å². The molecule has 2 rings (SSSR count). The zero-order valence-corrected chi connectivity index (χ0v) is 13.4. The molecule has 124 valence electrons. The number of primary amides is 1. The second kappa shape index (κ2) is 7.02. The highest BCUT2D eigenvalue weighted by Gasteiger charge is 2.41. The first kappa shape index (κ1) is 18.0. The van der Waals surface area contributed by atoms with Crippen LogP contribution in [0.4, 0.5) is 13.2 Å². The molecule has 2 aromatic heterocycles. The predicted octanol–water partition coefficient (Wildman–Crippen LogP) is 3.00. The molecule has 0 atom stereocenters. The van der Waals surface area contributed by atoms with Crippen molar-refractivity contribution in [2.24, 2.45) is 5.73 Å². The maximum atomic E-state index is 12.8. The Morgan fingerprint density at radius 2 is 2.12 bits per heavy atom. The highest BCUT2D eigenvalue weighted by atomic mass is 32.2. The summed E-state index contributed by atoms with van der Waals surface area (Å²) in [5, 5.41) is 10.8. The molecule has 24 heavy (non-hydrogen) atoms. The Bertz CT molecular complexity index is 827. The van der Waals surface area contributed by atoms with Gasteiger partial charge in [0.05, 0.1) is 27.5 Å². The number of nitrogens with zero attached hydrogens (tertiary/aromatic N) is 2. The van der Waals surface area contributed by atoms with E-state index in [0.29, 0.717) is 4.88 Å². The van der Waals surface area contributed by atoms with Gasteiger partial charge in [-0.15, -0.1) is 11.3 Å². The van der Waals surface area contributed by atoms with Gasteiger partial charge in [-0.1, -0.05) is 17.8 Å². The van der Waals surface area contributed by atoms with Crippen LogP contribution in [0.1, 0.15) is 15.9 Å². The number of hydrogen-bond acceptors (Lipinski definition) is 6. The lowest BCUT2D eigenvalue weighted by molar-refractivity contribution is -0.115. The van der Waals surface area contributed by atoms with Gasteiger partial charge in [0.25, 0.3) is 5.78 Å². The summed E-state index contributed by atoms with van der Waals surface area (Å²) >= 11 is 1.92. The summed E-state index contributed by atoms with van der Waals surface area (Å²) in [6.45, 7) is 0. The Kier molecular flexibility index (Phi) is 5.26. The number of nitriles is 1. The summed E-state index contributed by atoms with van der Waals surface area (Å²) in [6.07, 6.45) is -5.09. The second-order valence-corrected chi connectivity index (χ2v) is 6.32. The van der Waals surface area contributed by atoms with Crippen molar-refractivity contribution in [3.05, 3.63) is 34.7 Å². The maximum absolute atomic E-state index is 12.8. The van der Waals surface area contributed by atoms with E-state index in [0.717, 1.165) is 29.2 Å². The van der Waals surface area contributed by atoms with Crippen LogP contribution in [0.3, 0.4) is 0 Å². The lowest BCUT2D eigenvalue weighted by Crippen LogP contribution is -2.24. The molecule has 0 bridgehead atoms. The van der Waals surface area contributed by atoms with E-state index in [4.69, 9.17) is 11.0 Å². The van der Waals surface area contributed by atoms with Crippen molar-refractivity contribution in [1.82, 2.24) is 4.98 Å². The smallest absolute Gasteiger partial charge is 0.369 e. The van der Waals surface area contributed by atoms with Gasteiger partial charge < -0.3 is 5.73 Å². The van der Waals surface area contributed by atoms with E-state index in [1.54, 1.807) is 17.5 Å². The van der Waals surface area contributed by atoms with Crippen LogP contribution in [0.15, 0.2) is 28.6 Å². The van der Waals surface area contributed by atoms with E-state index in [9.17, 15) is 22.8 Å². The van der Waals surface area contributed by atoms with Crippen molar-refractivity contribution >= 4 is 34.8 Å². The monoisotopic (exact) mass is 371 g/mol. The standard InChI is InChI=1S/C14H8F3N3O2S2/c15-14(16,17)12(22)8-4-7(5-18)13(24-6-10(19)21)20-11(8)9-2-1-3-23-9/h1-4H,6H2,(H2,19,21). The fourth-order valence-corrected chi connectivity index (χ4v) is 3.18. The molecule has 0 aromatic carbocycles. The number of halogens is 3. The Balaban J connectivity index is 2.64. The second-order valence-electron chi connectivity index (χ2n) is 4.41. The van der Waals surface area contributed by atoms with Crippen LogP contribution in [0, 0.1) is 11.3 Å². The number of rotatable bonds is 5. The van der Waals surface area contributed by atoms with Crippen LogP contribution < -0.4 is 5.73 Å². The van der Waals surface area contributed by atoms with Gasteiger partial charge >= 0.3 is 6.18 Å². The third-order valence-electron chi connectivity index (χ3n) is 2.72. The maximum Gasteiger partial charge on any atom is 0.454 e. The third kappa shape index (κ3) is 3.93. The molecule has 0 radical (unpaired) electrons. The van der Waals surface area contributed by atoms with Crippen LogP contribution in [0.5, 0.6) is 0 Å². The van der Waals surface area contributed by atoms with E-state index in [2.05, 4.69) is 4.98 Å². The van der Waals surface area contributed by atoms with Crippen molar-refractivity contribution in [2.75, 3.05) is 5.75 Å². The number of thiophene rings is 1. The first-order valence-electron chi connectivity index (χ1n) is 6.25. The van der Waals surface area contributed by atoms with Gasteiger partial charge in [0, 0.05) is 0 Å². The first-order valence-corrected chi connectivity index (χ1v) is 8.12. The summed E-state index contributed by atoms with van der Waals surface area (Å²) in [6, 6.07) is 5.64. The van der Waals surface area contributed by atoms with Gasteiger partial charge in [-0.2, -0.15) is 18.4 Å². The number of hydrogen-bond donors (Lipinski definition) is 1. The molecule has 0 unspecified atom stereocenters. The highest BCUT2D eigenvalue weighted by Crippen LogP contribution is 2.34. The molecule has 0 aliphatic rings.